The topological polar surface area (TPSA) is 66.8 Å². The number of rotatable bonds is 19. The molecule has 2 atom stereocenters. The van der Waals surface area contributed by atoms with E-state index in [1.165, 1.54) is 44.1 Å². The highest BCUT2D eigenvalue weighted by molar-refractivity contribution is 5.66. The van der Waals surface area contributed by atoms with Gasteiger partial charge in [0.05, 0.1) is 18.8 Å². The van der Waals surface area contributed by atoms with Gasteiger partial charge in [-0.3, -0.25) is 4.79 Å². The second-order valence-corrected chi connectivity index (χ2v) is 8.21. The molecule has 0 aromatic heterocycles. The van der Waals surface area contributed by atoms with E-state index in [1.54, 1.807) is 0 Å². The van der Waals surface area contributed by atoms with Gasteiger partial charge in [-0.1, -0.05) is 95.0 Å². The summed E-state index contributed by atoms with van der Waals surface area (Å²) in [6.07, 6.45) is 13.7. The third-order valence-corrected chi connectivity index (χ3v) is 5.42. The summed E-state index contributed by atoms with van der Waals surface area (Å²) in [5.41, 5.74) is 1.17. The van der Waals surface area contributed by atoms with E-state index in [2.05, 4.69) is 19.1 Å². The molecule has 0 spiro atoms. The lowest BCUT2D eigenvalue weighted by molar-refractivity contribution is -0.137. The van der Waals surface area contributed by atoms with Crippen molar-refractivity contribution in [3.63, 3.8) is 0 Å². The summed E-state index contributed by atoms with van der Waals surface area (Å²) >= 11 is 0. The summed E-state index contributed by atoms with van der Waals surface area (Å²) in [6.45, 7) is 2.83. The molecule has 1 aromatic rings. The van der Waals surface area contributed by atoms with E-state index in [9.17, 15) is 9.90 Å². The van der Waals surface area contributed by atoms with Crippen molar-refractivity contribution >= 4 is 5.97 Å². The fourth-order valence-electron chi connectivity index (χ4n) is 3.64. The molecule has 0 bridgehead atoms. The lowest BCUT2D eigenvalue weighted by Gasteiger charge is -2.21. The molecule has 4 nitrogen and oxygen atoms in total. The molecular weight excluding hydrogens is 364 g/mol. The molecule has 0 aliphatic heterocycles. The van der Waals surface area contributed by atoms with Gasteiger partial charge < -0.3 is 14.9 Å². The zero-order valence-electron chi connectivity index (χ0n) is 18.4. The van der Waals surface area contributed by atoms with Gasteiger partial charge in [0.15, 0.2) is 0 Å². The fraction of sp³-hybridized carbons (Fsp3) is 0.720. The number of aliphatic hydroxyl groups is 1. The van der Waals surface area contributed by atoms with Gasteiger partial charge in [-0.25, -0.2) is 0 Å². The minimum absolute atomic E-state index is 0.0832. The number of unbranched alkanes of at least 4 members (excludes halogenated alkanes) is 8. The van der Waals surface area contributed by atoms with Crippen LogP contribution < -0.4 is 0 Å². The molecule has 29 heavy (non-hydrogen) atoms. The number of aliphatic hydroxyl groups excluding tert-OH is 1. The van der Waals surface area contributed by atoms with Crippen LogP contribution in [0.15, 0.2) is 30.3 Å². The molecule has 1 rings (SSSR count). The quantitative estimate of drug-likeness (QED) is 0.257. The lowest BCUT2D eigenvalue weighted by Crippen LogP contribution is -2.21. The van der Waals surface area contributed by atoms with Crippen molar-refractivity contribution in [3.05, 3.63) is 35.9 Å². The molecule has 2 N–H and O–H groups in total. The fourth-order valence-corrected chi connectivity index (χ4v) is 3.64. The molecule has 0 heterocycles. The van der Waals surface area contributed by atoms with Crippen molar-refractivity contribution in [3.8, 4) is 0 Å². The first-order chi connectivity index (χ1) is 14.1. The number of carboxylic acids is 1. The Morgan fingerprint density at radius 3 is 2.21 bits per heavy atom. The molecule has 0 aliphatic carbocycles. The van der Waals surface area contributed by atoms with Crippen LogP contribution >= 0.6 is 0 Å². The van der Waals surface area contributed by atoms with E-state index in [1.807, 2.05) is 18.2 Å². The maximum atomic E-state index is 10.6. The van der Waals surface area contributed by atoms with Gasteiger partial charge in [-0.15, -0.1) is 0 Å². The average molecular weight is 407 g/mol. The lowest BCUT2D eigenvalue weighted by atomic mass is 9.99. The molecule has 0 saturated carbocycles. The molecule has 166 valence electrons. The summed E-state index contributed by atoms with van der Waals surface area (Å²) in [5.74, 6) is -0.741. The average Bonchev–Trinajstić information content (AvgIpc) is 2.71. The zero-order chi connectivity index (χ0) is 21.2. The van der Waals surface area contributed by atoms with E-state index < -0.39 is 5.97 Å². The molecule has 0 aliphatic rings. The van der Waals surface area contributed by atoms with E-state index >= 15 is 0 Å². The Morgan fingerprint density at radius 2 is 1.52 bits per heavy atom. The number of hydrogen-bond donors (Lipinski definition) is 2. The Kier molecular flexibility index (Phi) is 15.4. The Bertz CT molecular complexity index is 503. The van der Waals surface area contributed by atoms with Crippen LogP contribution in [0, 0.1) is 0 Å². The standard InChI is InChI=1S/C25H42O4/c1-2-3-4-5-6-7-13-18-24(29-21-22-15-10-8-11-16-22)20-23(26)17-12-9-14-19-25(27)28/h8,10-11,15-16,23-24,26H,2-7,9,12-14,17-21H2,1H3,(H,27,28). The van der Waals surface area contributed by atoms with E-state index in [4.69, 9.17) is 9.84 Å². The normalized spacial score (nSPS) is 13.3. The van der Waals surface area contributed by atoms with Gasteiger partial charge >= 0.3 is 5.97 Å². The van der Waals surface area contributed by atoms with Crippen LogP contribution in [-0.4, -0.2) is 28.4 Å². The highest BCUT2D eigenvalue weighted by Crippen LogP contribution is 2.19. The largest absolute Gasteiger partial charge is 0.481 e. The number of carbonyl (C=O) groups is 1. The Labute approximate surface area is 177 Å². The Balaban J connectivity index is 2.31. The van der Waals surface area contributed by atoms with Crippen molar-refractivity contribution in [1.29, 1.82) is 0 Å². The SMILES string of the molecule is CCCCCCCCCC(CC(O)CCCCCC(=O)O)OCc1ccccc1. The Morgan fingerprint density at radius 1 is 0.897 bits per heavy atom. The first-order valence-electron chi connectivity index (χ1n) is 11.7. The monoisotopic (exact) mass is 406 g/mol. The molecule has 0 radical (unpaired) electrons. The van der Waals surface area contributed by atoms with Gasteiger partial charge in [-0.2, -0.15) is 0 Å². The van der Waals surface area contributed by atoms with Gasteiger partial charge in [0, 0.05) is 6.42 Å². The van der Waals surface area contributed by atoms with E-state index in [-0.39, 0.29) is 18.6 Å². The maximum absolute atomic E-state index is 10.6. The summed E-state index contributed by atoms with van der Waals surface area (Å²) in [4.78, 5) is 10.6. The van der Waals surface area contributed by atoms with Gasteiger partial charge in [0.1, 0.15) is 0 Å². The van der Waals surface area contributed by atoms with Crippen LogP contribution in [-0.2, 0) is 16.1 Å². The van der Waals surface area contributed by atoms with Crippen molar-refractivity contribution in [2.24, 2.45) is 0 Å². The predicted octanol–water partition coefficient (Wildman–Crippen LogP) is 6.50. The number of ether oxygens (including phenoxy) is 1. The second-order valence-electron chi connectivity index (χ2n) is 8.21. The van der Waals surface area contributed by atoms with Gasteiger partial charge in [0.2, 0.25) is 0 Å². The summed E-state index contributed by atoms with van der Waals surface area (Å²) < 4.78 is 6.17. The highest BCUT2D eigenvalue weighted by atomic mass is 16.5. The van der Waals surface area contributed by atoms with E-state index in [0.29, 0.717) is 19.4 Å². The third kappa shape index (κ3) is 15.2. The molecule has 0 amide bonds. The van der Waals surface area contributed by atoms with E-state index in [0.717, 1.165) is 32.1 Å². The summed E-state index contributed by atoms with van der Waals surface area (Å²) in [7, 11) is 0. The van der Waals surface area contributed by atoms with Crippen LogP contribution in [0.25, 0.3) is 0 Å². The number of carboxylic acid groups (broad SMARTS) is 1. The molecule has 1 aromatic carbocycles. The van der Waals surface area contributed by atoms with Gasteiger partial charge in [-0.05, 0) is 31.2 Å². The van der Waals surface area contributed by atoms with Crippen molar-refractivity contribution in [2.45, 2.75) is 116 Å². The smallest absolute Gasteiger partial charge is 0.303 e. The van der Waals surface area contributed by atoms with Crippen LogP contribution in [0.1, 0.15) is 102 Å². The molecule has 2 unspecified atom stereocenters. The van der Waals surface area contributed by atoms with Crippen molar-refractivity contribution < 1.29 is 19.7 Å². The number of aliphatic carboxylic acids is 1. The molecule has 0 fully saturated rings. The first-order valence-corrected chi connectivity index (χ1v) is 11.7. The zero-order valence-corrected chi connectivity index (χ0v) is 18.4. The van der Waals surface area contributed by atoms with Crippen molar-refractivity contribution in [1.82, 2.24) is 0 Å². The van der Waals surface area contributed by atoms with Crippen LogP contribution in [0.4, 0.5) is 0 Å². The highest BCUT2D eigenvalue weighted by Gasteiger charge is 2.15. The minimum atomic E-state index is -0.741. The van der Waals surface area contributed by atoms with Crippen LogP contribution in [0.2, 0.25) is 0 Å². The molecule has 4 heteroatoms. The molecule has 0 saturated heterocycles. The Hall–Kier alpha value is -1.39. The third-order valence-electron chi connectivity index (χ3n) is 5.42. The minimum Gasteiger partial charge on any atom is -0.481 e. The molecular formula is C25H42O4. The van der Waals surface area contributed by atoms with Crippen LogP contribution in [0.3, 0.4) is 0 Å². The summed E-state index contributed by atoms with van der Waals surface area (Å²) in [5, 5.41) is 19.1. The predicted molar refractivity (Wildman–Crippen MR) is 119 cm³/mol. The second kappa shape index (κ2) is 17.5. The first kappa shape index (κ1) is 25.6. The van der Waals surface area contributed by atoms with Gasteiger partial charge in [0.25, 0.3) is 0 Å². The van der Waals surface area contributed by atoms with Crippen molar-refractivity contribution in [2.75, 3.05) is 0 Å². The maximum Gasteiger partial charge on any atom is 0.303 e. The van der Waals surface area contributed by atoms with Crippen LogP contribution in [0.5, 0.6) is 0 Å². The number of benzene rings is 1. The number of hydrogen-bond acceptors (Lipinski definition) is 3. The summed E-state index contributed by atoms with van der Waals surface area (Å²) in [6, 6.07) is 10.2.